The average Bonchev–Trinajstić information content (AvgIpc) is 2.11. The summed E-state index contributed by atoms with van der Waals surface area (Å²) in [4.78, 5) is 10.1. The Bertz CT molecular complexity index is 232. The normalized spacial score (nSPS) is 13.3. The lowest BCUT2D eigenvalue weighted by molar-refractivity contribution is -0.106. The molecule has 0 aliphatic rings. The summed E-state index contributed by atoms with van der Waals surface area (Å²) in [6.45, 7) is 8.24. The van der Waals surface area contributed by atoms with Gasteiger partial charge in [-0.2, -0.15) is 0 Å². The van der Waals surface area contributed by atoms with Crippen molar-refractivity contribution in [1.29, 1.82) is 0 Å². The van der Waals surface area contributed by atoms with Gasteiger partial charge in [-0.15, -0.1) is 0 Å². The summed E-state index contributed by atoms with van der Waals surface area (Å²) in [5, 5.41) is 2.96. The van der Waals surface area contributed by atoms with E-state index in [1.807, 2.05) is 39.6 Å². The number of carbonyl (C=O) groups is 1. The molecule has 0 aliphatic heterocycles. The SMILES string of the molecule is CC(C)=C/C=C(\C)OP(C)NCC=O. The number of rotatable bonds is 6. The first-order valence-corrected chi connectivity index (χ1v) is 6.17. The van der Waals surface area contributed by atoms with Gasteiger partial charge in [-0.25, -0.2) is 0 Å². The summed E-state index contributed by atoms with van der Waals surface area (Å²) < 4.78 is 5.51. The van der Waals surface area contributed by atoms with Crippen molar-refractivity contribution in [2.24, 2.45) is 0 Å². The van der Waals surface area contributed by atoms with Gasteiger partial charge in [0.1, 0.15) is 6.29 Å². The Morgan fingerprint density at radius 3 is 2.50 bits per heavy atom. The minimum Gasteiger partial charge on any atom is -0.463 e. The highest BCUT2D eigenvalue weighted by Gasteiger charge is 2.00. The van der Waals surface area contributed by atoms with Crippen molar-refractivity contribution in [3.05, 3.63) is 23.5 Å². The van der Waals surface area contributed by atoms with Crippen LogP contribution in [0.2, 0.25) is 0 Å². The highest BCUT2D eigenvalue weighted by Crippen LogP contribution is 2.29. The fraction of sp³-hybridized carbons (Fsp3) is 0.500. The van der Waals surface area contributed by atoms with Gasteiger partial charge in [0.15, 0.2) is 8.30 Å². The lowest BCUT2D eigenvalue weighted by atomic mass is 10.3. The van der Waals surface area contributed by atoms with Gasteiger partial charge < -0.3 is 9.32 Å². The number of nitrogens with one attached hydrogen (secondary N) is 1. The fourth-order valence-corrected chi connectivity index (χ4v) is 1.62. The Balaban J connectivity index is 3.91. The highest BCUT2D eigenvalue weighted by atomic mass is 31.2. The Hall–Kier alpha value is -0.660. The second-order valence-electron chi connectivity index (χ2n) is 3.14. The number of allylic oxidation sites excluding steroid dienone is 4. The van der Waals surface area contributed by atoms with Crippen molar-refractivity contribution in [2.45, 2.75) is 20.8 Å². The first-order valence-electron chi connectivity index (χ1n) is 4.47. The van der Waals surface area contributed by atoms with Crippen LogP contribution in [-0.4, -0.2) is 19.5 Å². The predicted molar refractivity (Wildman–Crippen MR) is 61.2 cm³/mol. The molecule has 0 radical (unpaired) electrons. The zero-order chi connectivity index (χ0) is 11.0. The van der Waals surface area contributed by atoms with Crippen LogP contribution in [0.15, 0.2) is 23.5 Å². The molecule has 0 aliphatic carbocycles. The maximum absolute atomic E-state index is 10.1. The molecule has 1 atom stereocenters. The van der Waals surface area contributed by atoms with Gasteiger partial charge in [-0.1, -0.05) is 11.6 Å². The molecular weight excluding hydrogens is 197 g/mol. The van der Waals surface area contributed by atoms with Crippen molar-refractivity contribution < 1.29 is 9.32 Å². The number of hydrogen-bond acceptors (Lipinski definition) is 3. The van der Waals surface area contributed by atoms with Crippen LogP contribution in [0.1, 0.15) is 20.8 Å². The molecule has 0 saturated heterocycles. The zero-order valence-corrected chi connectivity index (χ0v) is 10.1. The third-order valence-electron chi connectivity index (χ3n) is 1.33. The van der Waals surface area contributed by atoms with E-state index in [2.05, 4.69) is 5.09 Å². The molecule has 0 aromatic heterocycles. The minimum atomic E-state index is -0.735. The van der Waals surface area contributed by atoms with Crippen LogP contribution in [0.4, 0.5) is 0 Å². The Morgan fingerprint density at radius 2 is 2.00 bits per heavy atom. The smallest absolute Gasteiger partial charge is 0.157 e. The van der Waals surface area contributed by atoms with E-state index in [9.17, 15) is 4.79 Å². The van der Waals surface area contributed by atoms with Crippen LogP contribution in [0.5, 0.6) is 0 Å². The van der Waals surface area contributed by atoms with Gasteiger partial charge in [-0.05, 0) is 26.8 Å². The third-order valence-corrected chi connectivity index (χ3v) is 2.52. The lowest BCUT2D eigenvalue weighted by Crippen LogP contribution is -2.10. The molecule has 0 fully saturated rings. The van der Waals surface area contributed by atoms with Crippen LogP contribution in [-0.2, 0) is 9.32 Å². The monoisotopic (exact) mass is 215 g/mol. The molecule has 0 saturated carbocycles. The van der Waals surface area contributed by atoms with E-state index in [0.717, 1.165) is 12.0 Å². The summed E-state index contributed by atoms with van der Waals surface area (Å²) >= 11 is 0. The van der Waals surface area contributed by atoms with Crippen molar-refractivity contribution in [2.75, 3.05) is 13.2 Å². The molecule has 1 unspecified atom stereocenters. The molecule has 1 N–H and O–H groups in total. The Morgan fingerprint density at radius 1 is 1.36 bits per heavy atom. The van der Waals surface area contributed by atoms with Gasteiger partial charge in [-0.3, -0.25) is 5.09 Å². The van der Waals surface area contributed by atoms with Crippen molar-refractivity contribution in [3.8, 4) is 0 Å². The number of hydrogen-bond donors (Lipinski definition) is 1. The fourth-order valence-electron chi connectivity index (χ4n) is 0.729. The van der Waals surface area contributed by atoms with Gasteiger partial charge in [0.05, 0.1) is 12.3 Å². The van der Waals surface area contributed by atoms with Crippen LogP contribution in [0.25, 0.3) is 0 Å². The molecule has 0 bridgehead atoms. The van der Waals surface area contributed by atoms with E-state index in [0.29, 0.717) is 6.54 Å². The summed E-state index contributed by atoms with van der Waals surface area (Å²) in [6.07, 6.45) is 4.76. The summed E-state index contributed by atoms with van der Waals surface area (Å²) in [5.74, 6) is 0.859. The number of carbonyl (C=O) groups excluding carboxylic acids is 1. The minimum absolute atomic E-state index is 0.345. The summed E-state index contributed by atoms with van der Waals surface area (Å²) in [7, 11) is -0.735. The van der Waals surface area contributed by atoms with E-state index in [-0.39, 0.29) is 0 Å². The van der Waals surface area contributed by atoms with Gasteiger partial charge in [0, 0.05) is 6.66 Å². The highest BCUT2D eigenvalue weighted by molar-refractivity contribution is 7.49. The Kier molecular flexibility index (Phi) is 7.35. The largest absolute Gasteiger partial charge is 0.463 e. The molecule has 14 heavy (non-hydrogen) atoms. The van der Waals surface area contributed by atoms with Crippen LogP contribution >= 0.6 is 8.30 Å². The lowest BCUT2D eigenvalue weighted by Gasteiger charge is -2.13. The zero-order valence-electron chi connectivity index (χ0n) is 9.20. The third kappa shape index (κ3) is 7.96. The van der Waals surface area contributed by atoms with Crippen molar-refractivity contribution in [1.82, 2.24) is 5.09 Å². The molecule has 0 amide bonds. The molecule has 4 heteroatoms. The molecule has 3 nitrogen and oxygen atoms in total. The van der Waals surface area contributed by atoms with Gasteiger partial charge >= 0.3 is 0 Å². The van der Waals surface area contributed by atoms with Crippen molar-refractivity contribution >= 4 is 14.6 Å². The topological polar surface area (TPSA) is 38.3 Å². The summed E-state index contributed by atoms with van der Waals surface area (Å²) in [6, 6.07) is 0. The Labute approximate surface area is 87.1 Å². The van der Waals surface area contributed by atoms with E-state index in [1.165, 1.54) is 5.57 Å². The van der Waals surface area contributed by atoms with Crippen LogP contribution < -0.4 is 5.09 Å². The second-order valence-corrected chi connectivity index (χ2v) is 4.63. The van der Waals surface area contributed by atoms with E-state index < -0.39 is 8.30 Å². The van der Waals surface area contributed by atoms with E-state index in [4.69, 9.17) is 4.52 Å². The molecule has 80 valence electrons. The van der Waals surface area contributed by atoms with E-state index >= 15 is 0 Å². The van der Waals surface area contributed by atoms with Crippen LogP contribution in [0.3, 0.4) is 0 Å². The van der Waals surface area contributed by atoms with E-state index in [1.54, 1.807) is 0 Å². The quantitative estimate of drug-likeness (QED) is 0.320. The molecule has 0 aromatic rings. The molecule has 0 aromatic carbocycles. The van der Waals surface area contributed by atoms with Crippen LogP contribution in [0, 0.1) is 0 Å². The molecular formula is C10H18NO2P. The number of aldehydes is 1. The maximum Gasteiger partial charge on any atom is 0.157 e. The first-order chi connectivity index (χ1) is 6.56. The molecule has 0 spiro atoms. The average molecular weight is 215 g/mol. The first kappa shape index (κ1) is 13.3. The van der Waals surface area contributed by atoms with Gasteiger partial charge in [0.2, 0.25) is 0 Å². The second kappa shape index (κ2) is 7.72. The predicted octanol–water partition coefficient (Wildman–Crippen LogP) is 2.60. The molecule has 0 heterocycles. The molecule has 0 rings (SSSR count). The standard InChI is InChI=1S/C10H18NO2P/c1-9(2)5-6-10(3)13-14(4)11-7-8-12/h5-6,8,11H,7H2,1-4H3/b10-6+. The maximum atomic E-state index is 10.1. The summed E-state index contributed by atoms with van der Waals surface area (Å²) in [5.41, 5.74) is 1.23. The van der Waals surface area contributed by atoms with Crippen molar-refractivity contribution in [3.63, 3.8) is 0 Å². The van der Waals surface area contributed by atoms with Gasteiger partial charge in [0.25, 0.3) is 0 Å².